The van der Waals surface area contributed by atoms with Crippen LogP contribution in [0.5, 0.6) is 5.75 Å². The lowest BCUT2D eigenvalue weighted by atomic mass is 10.2. The predicted molar refractivity (Wildman–Crippen MR) is 60.2 cm³/mol. The first-order chi connectivity index (χ1) is 8.38. The second-order valence-electron chi connectivity index (χ2n) is 3.80. The fraction of sp³-hybridized carbons (Fsp3) is 0.364. The van der Waals surface area contributed by atoms with Gasteiger partial charge in [-0.2, -0.15) is 8.78 Å². The van der Waals surface area contributed by atoms with Gasteiger partial charge in [0.25, 0.3) is 0 Å². The SMILES string of the molecule is CN(C)CC(=O)Nc1ccc(F)cc1OC(F)F. The fourth-order valence-corrected chi connectivity index (χ4v) is 1.27. The second kappa shape index (κ2) is 6.25. The van der Waals surface area contributed by atoms with Gasteiger partial charge in [0.2, 0.25) is 5.91 Å². The molecule has 4 nitrogen and oxygen atoms in total. The number of carbonyl (C=O) groups is 1. The summed E-state index contributed by atoms with van der Waals surface area (Å²) in [6.07, 6.45) is 0. The molecule has 1 aromatic rings. The van der Waals surface area contributed by atoms with Crippen LogP contribution in [0.3, 0.4) is 0 Å². The number of nitrogens with zero attached hydrogens (tertiary/aromatic N) is 1. The average molecular weight is 262 g/mol. The van der Waals surface area contributed by atoms with E-state index < -0.39 is 24.1 Å². The number of halogens is 3. The van der Waals surface area contributed by atoms with E-state index in [1.165, 1.54) is 6.07 Å². The van der Waals surface area contributed by atoms with Crippen LogP contribution in [0.2, 0.25) is 0 Å². The molecule has 7 heteroatoms. The van der Waals surface area contributed by atoms with Crippen molar-refractivity contribution in [2.24, 2.45) is 0 Å². The molecule has 0 unspecified atom stereocenters. The monoisotopic (exact) mass is 262 g/mol. The molecule has 0 aliphatic heterocycles. The Morgan fingerprint density at radius 3 is 2.67 bits per heavy atom. The number of likely N-dealkylation sites (N-methyl/N-ethyl adjacent to an activating group) is 1. The topological polar surface area (TPSA) is 41.6 Å². The maximum absolute atomic E-state index is 12.9. The van der Waals surface area contributed by atoms with Gasteiger partial charge in [0.05, 0.1) is 12.2 Å². The molecule has 0 radical (unpaired) electrons. The van der Waals surface area contributed by atoms with Crippen molar-refractivity contribution in [3.8, 4) is 5.75 Å². The van der Waals surface area contributed by atoms with Crippen molar-refractivity contribution < 1.29 is 22.7 Å². The highest BCUT2D eigenvalue weighted by Gasteiger charge is 2.13. The molecule has 1 rings (SSSR count). The summed E-state index contributed by atoms with van der Waals surface area (Å²) < 4.78 is 41.3. The summed E-state index contributed by atoms with van der Waals surface area (Å²) in [6.45, 7) is -3.01. The van der Waals surface area contributed by atoms with Crippen LogP contribution < -0.4 is 10.1 Å². The van der Waals surface area contributed by atoms with Crippen LogP contribution >= 0.6 is 0 Å². The first-order valence-electron chi connectivity index (χ1n) is 5.07. The van der Waals surface area contributed by atoms with E-state index in [1.807, 2.05) is 0 Å². The minimum atomic E-state index is -3.09. The van der Waals surface area contributed by atoms with E-state index in [4.69, 9.17) is 0 Å². The van der Waals surface area contributed by atoms with Crippen LogP contribution in [0.25, 0.3) is 0 Å². The third-order valence-corrected chi connectivity index (χ3v) is 1.89. The van der Waals surface area contributed by atoms with Crippen molar-refractivity contribution >= 4 is 11.6 Å². The van der Waals surface area contributed by atoms with Gasteiger partial charge in [0, 0.05) is 6.07 Å². The first-order valence-corrected chi connectivity index (χ1v) is 5.07. The van der Waals surface area contributed by atoms with Crippen LogP contribution in [-0.2, 0) is 4.79 Å². The Morgan fingerprint density at radius 2 is 2.11 bits per heavy atom. The maximum Gasteiger partial charge on any atom is 0.387 e. The van der Waals surface area contributed by atoms with Gasteiger partial charge in [-0.3, -0.25) is 4.79 Å². The standard InChI is InChI=1S/C11H13F3N2O2/c1-16(2)6-10(17)15-8-4-3-7(12)5-9(8)18-11(13)14/h3-5,11H,6H2,1-2H3,(H,15,17). The third kappa shape index (κ3) is 4.62. The van der Waals surface area contributed by atoms with Crippen LogP contribution in [0.15, 0.2) is 18.2 Å². The fourth-order valence-electron chi connectivity index (χ4n) is 1.27. The smallest absolute Gasteiger partial charge is 0.387 e. The molecule has 1 N–H and O–H groups in total. The highest BCUT2D eigenvalue weighted by atomic mass is 19.3. The van der Waals surface area contributed by atoms with Crippen LogP contribution in [0.1, 0.15) is 0 Å². The lowest BCUT2D eigenvalue weighted by Crippen LogP contribution is -2.27. The number of ether oxygens (including phenoxy) is 1. The summed E-state index contributed by atoms with van der Waals surface area (Å²) in [5, 5.41) is 2.37. The highest BCUT2D eigenvalue weighted by molar-refractivity contribution is 5.93. The first kappa shape index (κ1) is 14.3. The number of amides is 1. The summed E-state index contributed by atoms with van der Waals surface area (Å²) in [5.41, 5.74) is 0.00329. The van der Waals surface area contributed by atoms with E-state index in [0.717, 1.165) is 12.1 Å². The number of anilines is 1. The molecular formula is C11H13F3N2O2. The van der Waals surface area contributed by atoms with Gasteiger partial charge in [-0.1, -0.05) is 0 Å². The van der Waals surface area contributed by atoms with Crippen molar-refractivity contribution in [2.75, 3.05) is 26.0 Å². The summed E-state index contributed by atoms with van der Waals surface area (Å²) in [4.78, 5) is 13.1. The number of rotatable bonds is 5. The van der Waals surface area contributed by atoms with Gasteiger partial charge in [-0.25, -0.2) is 4.39 Å². The number of alkyl halides is 2. The van der Waals surface area contributed by atoms with Gasteiger partial charge in [-0.15, -0.1) is 0 Å². The molecule has 0 aliphatic carbocycles. The van der Waals surface area contributed by atoms with E-state index in [0.29, 0.717) is 0 Å². The molecule has 0 heterocycles. The molecule has 0 saturated heterocycles. The molecule has 0 spiro atoms. The average Bonchev–Trinajstić information content (AvgIpc) is 2.20. The zero-order chi connectivity index (χ0) is 13.7. The van der Waals surface area contributed by atoms with E-state index in [2.05, 4.69) is 10.1 Å². The zero-order valence-electron chi connectivity index (χ0n) is 9.91. The van der Waals surface area contributed by atoms with Gasteiger partial charge < -0.3 is 15.0 Å². The Kier molecular flexibility index (Phi) is 4.96. The molecule has 1 amide bonds. The lowest BCUT2D eigenvalue weighted by molar-refractivity contribution is -0.116. The predicted octanol–water partition coefficient (Wildman–Crippen LogP) is 1.93. The van der Waals surface area contributed by atoms with E-state index in [1.54, 1.807) is 19.0 Å². The molecular weight excluding hydrogens is 249 g/mol. The van der Waals surface area contributed by atoms with Crippen molar-refractivity contribution in [3.05, 3.63) is 24.0 Å². The maximum atomic E-state index is 12.9. The minimum absolute atomic E-state index is 0.00329. The lowest BCUT2D eigenvalue weighted by Gasteiger charge is -2.13. The highest BCUT2D eigenvalue weighted by Crippen LogP contribution is 2.26. The largest absolute Gasteiger partial charge is 0.432 e. The number of hydrogen-bond donors (Lipinski definition) is 1. The number of carbonyl (C=O) groups excluding carboxylic acids is 1. The minimum Gasteiger partial charge on any atom is -0.432 e. The number of nitrogens with one attached hydrogen (secondary N) is 1. The van der Waals surface area contributed by atoms with Gasteiger partial charge in [0.1, 0.15) is 5.82 Å². The van der Waals surface area contributed by atoms with E-state index in [9.17, 15) is 18.0 Å². The van der Waals surface area contributed by atoms with Gasteiger partial charge in [0.15, 0.2) is 5.75 Å². The molecule has 18 heavy (non-hydrogen) atoms. The van der Waals surface area contributed by atoms with Gasteiger partial charge in [-0.05, 0) is 26.2 Å². The Bertz CT molecular complexity index is 425. The molecule has 0 aliphatic rings. The van der Waals surface area contributed by atoms with Crippen molar-refractivity contribution in [1.29, 1.82) is 0 Å². The van der Waals surface area contributed by atoms with E-state index >= 15 is 0 Å². The van der Waals surface area contributed by atoms with Gasteiger partial charge >= 0.3 is 6.61 Å². The molecule has 0 saturated carbocycles. The molecule has 0 fully saturated rings. The van der Waals surface area contributed by atoms with E-state index in [-0.39, 0.29) is 12.2 Å². The zero-order valence-corrected chi connectivity index (χ0v) is 9.91. The van der Waals surface area contributed by atoms with Crippen molar-refractivity contribution in [2.45, 2.75) is 6.61 Å². The third-order valence-electron chi connectivity index (χ3n) is 1.89. The molecule has 100 valence electrons. The quantitative estimate of drug-likeness (QED) is 0.881. The second-order valence-corrected chi connectivity index (χ2v) is 3.80. The van der Waals surface area contributed by atoms with Crippen molar-refractivity contribution in [3.63, 3.8) is 0 Å². The summed E-state index contributed by atoms with van der Waals surface area (Å²) in [5.74, 6) is -1.54. The van der Waals surface area contributed by atoms with Crippen LogP contribution in [0.4, 0.5) is 18.9 Å². The summed E-state index contributed by atoms with van der Waals surface area (Å²) in [7, 11) is 3.36. The Hall–Kier alpha value is -1.76. The Balaban J connectivity index is 2.83. The molecule has 0 bridgehead atoms. The Labute approximate surface area is 102 Å². The van der Waals surface area contributed by atoms with Crippen LogP contribution in [-0.4, -0.2) is 38.1 Å². The summed E-state index contributed by atoms with van der Waals surface area (Å²) >= 11 is 0. The molecule has 0 atom stereocenters. The number of hydrogen-bond acceptors (Lipinski definition) is 3. The normalized spacial score (nSPS) is 10.8. The molecule has 0 aromatic heterocycles. The van der Waals surface area contributed by atoms with Crippen molar-refractivity contribution in [1.82, 2.24) is 4.90 Å². The number of benzene rings is 1. The summed E-state index contributed by atoms with van der Waals surface area (Å²) in [6, 6.07) is 3.00. The molecule has 1 aromatic carbocycles. The Morgan fingerprint density at radius 1 is 1.44 bits per heavy atom. The van der Waals surface area contributed by atoms with Crippen LogP contribution in [0, 0.1) is 5.82 Å².